The average Bonchev–Trinajstić information content (AvgIpc) is 2.19. The van der Waals surface area contributed by atoms with E-state index in [9.17, 15) is 0 Å². The van der Waals surface area contributed by atoms with Crippen molar-refractivity contribution in [1.82, 2.24) is 4.90 Å². The Kier molecular flexibility index (Phi) is 8.88. The Morgan fingerprint density at radius 2 is 1.92 bits per heavy atom. The lowest BCUT2D eigenvalue weighted by Gasteiger charge is -2.26. The van der Waals surface area contributed by atoms with Gasteiger partial charge in [0.15, 0.2) is 0 Å². The Labute approximate surface area is 77.4 Å². The Hall–Kier alpha value is -0.120. The van der Waals surface area contributed by atoms with E-state index in [1.165, 1.54) is 0 Å². The lowest BCUT2D eigenvalue weighted by Crippen LogP contribution is -2.37. The summed E-state index contributed by atoms with van der Waals surface area (Å²) in [5.74, 6) is 0. The third kappa shape index (κ3) is 5.52. The monoisotopic (exact) mass is 176 g/mol. The van der Waals surface area contributed by atoms with Gasteiger partial charge in [0.1, 0.15) is 0 Å². The molecule has 2 N–H and O–H groups in total. The maximum atomic E-state index is 5.39. The molecule has 0 saturated carbocycles. The van der Waals surface area contributed by atoms with Crippen molar-refractivity contribution in [2.24, 2.45) is 5.73 Å². The van der Waals surface area contributed by atoms with E-state index >= 15 is 0 Å². The molecule has 1 heterocycles. The zero-order chi connectivity index (χ0) is 9.23. The van der Waals surface area contributed by atoms with E-state index in [2.05, 4.69) is 4.90 Å². The smallest absolute Gasteiger partial charge is 0.0594 e. The van der Waals surface area contributed by atoms with Crippen LogP contribution in [0.1, 0.15) is 21.7 Å². The van der Waals surface area contributed by atoms with Gasteiger partial charge in [0, 0.05) is 14.5 Å². The Morgan fingerprint density at radius 1 is 1.33 bits per heavy atom. The number of nitrogens with two attached hydrogens (primary N) is 1. The van der Waals surface area contributed by atoms with Gasteiger partial charge in [-0.1, -0.05) is 13.8 Å². The van der Waals surface area contributed by atoms with E-state index in [1.54, 1.807) is 0 Å². The van der Waals surface area contributed by atoms with Crippen LogP contribution in [-0.2, 0) is 4.74 Å². The summed E-state index contributed by atoms with van der Waals surface area (Å²) in [6.07, 6.45) is 1.11. The molecule has 0 amide bonds. The third-order valence-corrected chi connectivity index (χ3v) is 1.78. The van der Waals surface area contributed by atoms with E-state index in [0.29, 0.717) is 0 Å². The fourth-order valence-electron chi connectivity index (χ4n) is 1.14. The maximum Gasteiger partial charge on any atom is 0.0594 e. The summed E-state index contributed by atoms with van der Waals surface area (Å²) < 4.78 is 5.21. The minimum atomic E-state index is 0. The van der Waals surface area contributed by atoms with Gasteiger partial charge >= 0.3 is 0 Å². The molecule has 1 aliphatic rings. The molecule has 0 aromatic carbocycles. The van der Waals surface area contributed by atoms with Crippen LogP contribution < -0.4 is 5.73 Å². The SMILES string of the molecule is CC.NCCCN1CCOCC1.[HH]. The highest BCUT2D eigenvalue weighted by molar-refractivity contribution is 4.61. The van der Waals surface area contributed by atoms with E-state index in [4.69, 9.17) is 10.5 Å². The highest BCUT2D eigenvalue weighted by Crippen LogP contribution is 1.96. The molecule has 3 nitrogen and oxygen atoms in total. The zero-order valence-electron chi connectivity index (χ0n) is 8.38. The molecule has 0 bridgehead atoms. The Morgan fingerprint density at radius 3 is 2.42 bits per heavy atom. The van der Waals surface area contributed by atoms with Crippen molar-refractivity contribution in [2.45, 2.75) is 20.3 Å². The number of hydrogen-bond acceptors (Lipinski definition) is 3. The number of morpholine rings is 1. The maximum absolute atomic E-state index is 5.39. The number of ether oxygens (including phenoxy) is 1. The van der Waals surface area contributed by atoms with Gasteiger partial charge in [-0.2, -0.15) is 0 Å². The standard InChI is InChI=1S/C7H16N2O.C2H6.H2/c8-2-1-3-9-4-6-10-7-5-9;1-2;/h1-8H2;1-2H3;1H. The van der Waals surface area contributed by atoms with Crippen molar-refractivity contribution in [3.05, 3.63) is 0 Å². The lowest BCUT2D eigenvalue weighted by atomic mass is 10.3. The summed E-state index contributed by atoms with van der Waals surface area (Å²) in [5.41, 5.74) is 5.39. The summed E-state index contributed by atoms with van der Waals surface area (Å²) >= 11 is 0. The molecule has 1 fully saturated rings. The summed E-state index contributed by atoms with van der Waals surface area (Å²) in [4.78, 5) is 2.40. The van der Waals surface area contributed by atoms with Gasteiger partial charge in [-0.25, -0.2) is 0 Å². The second-order valence-electron chi connectivity index (χ2n) is 2.60. The van der Waals surface area contributed by atoms with Crippen LogP contribution in [0.5, 0.6) is 0 Å². The minimum Gasteiger partial charge on any atom is -0.379 e. The summed E-state index contributed by atoms with van der Waals surface area (Å²) in [7, 11) is 0. The second kappa shape index (κ2) is 8.97. The van der Waals surface area contributed by atoms with Crippen LogP contribution in [0.15, 0.2) is 0 Å². The van der Waals surface area contributed by atoms with Gasteiger partial charge < -0.3 is 10.5 Å². The predicted molar refractivity (Wildman–Crippen MR) is 54.4 cm³/mol. The normalized spacial score (nSPS) is 18.2. The van der Waals surface area contributed by atoms with Crippen molar-refractivity contribution >= 4 is 0 Å². The van der Waals surface area contributed by atoms with E-state index in [1.807, 2.05) is 13.8 Å². The van der Waals surface area contributed by atoms with E-state index in [0.717, 1.165) is 45.8 Å². The third-order valence-electron chi connectivity index (χ3n) is 1.78. The molecule has 0 spiro atoms. The van der Waals surface area contributed by atoms with Gasteiger partial charge in [0.25, 0.3) is 0 Å². The molecule has 0 atom stereocenters. The molecule has 12 heavy (non-hydrogen) atoms. The van der Waals surface area contributed by atoms with Crippen LogP contribution in [0, 0.1) is 0 Å². The molecule has 0 radical (unpaired) electrons. The molecular formula is C9H24N2O. The molecule has 0 aliphatic carbocycles. The first-order valence-electron chi connectivity index (χ1n) is 4.93. The summed E-state index contributed by atoms with van der Waals surface area (Å²) in [6, 6.07) is 0. The van der Waals surface area contributed by atoms with Crippen LogP contribution in [0.25, 0.3) is 0 Å². The Balaban J connectivity index is 0. The van der Waals surface area contributed by atoms with Gasteiger partial charge in [-0.3, -0.25) is 4.90 Å². The lowest BCUT2D eigenvalue weighted by molar-refractivity contribution is 0.0377. The molecule has 3 heteroatoms. The van der Waals surface area contributed by atoms with Gasteiger partial charge in [0.05, 0.1) is 13.2 Å². The Bertz CT molecular complexity index is 87.7. The molecule has 0 unspecified atom stereocenters. The molecular weight excluding hydrogens is 152 g/mol. The molecule has 0 aromatic rings. The number of hydrogen-bond donors (Lipinski definition) is 1. The van der Waals surface area contributed by atoms with Crippen molar-refractivity contribution in [2.75, 3.05) is 39.4 Å². The zero-order valence-corrected chi connectivity index (χ0v) is 8.38. The molecule has 76 valence electrons. The molecule has 1 saturated heterocycles. The van der Waals surface area contributed by atoms with E-state index < -0.39 is 0 Å². The van der Waals surface area contributed by atoms with Gasteiger partial charge in [0.2, 0.25) is 0 Å². The van der Waals surface area contributed by atoms with Crippen LogP contribution in [0.2, 0.25) is 0 Å². The highest BCUT2D eigenvalue weighted by Gasteiger charge is 2.07. The van der Waals surface area contributed by atoms with Gasteiger partial charge in [-0.15, -0.1) is 0 Å². The number of nitrogens with zero attached hydrogens (tertiary/aromatic N) is 1. The van der Waals surface area contributed by atoms with Crippen molar-refractivity contribution < 1.29 is 6.16 Å². The first-order chi connectivity index (χ1) is 5.93. The minimum absolute atomic E-state index is 0. The number of rotatable bonds is 3. The van der Waals surface area contributed by atoms with Gasteiger partial charge in [-0.05, 0) is 19.5 Å². The quantitative estimate of drug-likeness (QED) is 0.695. The largest absolute Gasteiger partial charge is 0.379 e. The molecule has 1 rings (SSSR count). The molecule has 1 aliphatic heterocycles. The average molecular weight is 176 g/mol. The highest BCUT2D eigenvalue weighted by atomic mass is 16.5. The summed E-state index contributed by atoms with van der Waals surface area (Å²) in [5, 5.41) is 0. The van der Waals surface area contributed by atoms with Crippen molar-refractivity contribution in [1.29, 1.82) is 0 Å². The van der Waals surface area contributed by atoms with Crippen LogP contribution in [0.3, 0.4) is 0 Å². The topological polar surface area (TPSA) is 38.5 Å². The van der Waals surface area contributed by atoms with Crippen molar-refractivity contribution in [3.8, 4) is 0 Å². The second-order valence-corrected chi connectivity index (χ2v) is 2.60. The van der Waals surface area contributed by atoms with E-state index in [-0.39, 0.29) is 1.43 Å². The first-order valence-corrected chi connectivity index (χ1v) is 4.93. The van der Waals surface area contributed by atoms with Crippen molar-refractivity contribution in [3.63, 3.8) is 0 Å². The fourth-order valence-corrected chi connectivity index (χ4v) is 1.14. The fraction of sp³-hybridized carbons (Fsp3) is 1.00. The van der Waals surface area contributed by atoms with Crippen LogP contribution in [0.4, 0.5) is 0 Å². The first kappa shape index (κ1) is 11.9. The van der Waals surface area contributed by atoms with Crippen LogP contribution >= 0.6 is 0 Å². The summed E-state index contributed by atoms with van der Waals surface area (Å²) in [6.45, 7) is 9.90. The predicted octanol–water partition coefficient (Wildman–Crippen LogP) is 0.940. The molecule has 0 aromatic heterocycles. The van der Waals surface area contributed by atoms with Crippen LogP contribution in [-0.4, -0.2) is 44.3 Å².